The Bertz CT molecular complexity index is 890. The Balaban J connectivity index is 1.45. The number of pyridine rings is 1. The molecule has 0 aliphatic carbocycles. The van der Waals surface area contributed by atoms with Gasteiger partial charge in [-0.2, -0.15) is 0 Å². The van der Waals surface area contributed by atoms with E-state index < -0.39 is 0 Å². The Kier molecular flexibility index (Phi) is 7.40. The Morgan fingerprint density at radius 1 is 1.00 bits per heavy atom. The third kappa shape index (κ3) is 6.46. The van der Waals surface area contributed by atoms with Crippen molar-refractivity contribution in [2.45, 2.75) is 45.8 Å². The predicted octanol–water partition coefficient (Wildman–Crippen LogP) is 5.03. The molecule has 1 unspecified atom stereocenters. The van der Waals surface area contributed by atoms with Crippen LogP contribution < -0.4 is 10.1 Å². The van der Waals surface area contributed by atoms with Gasteiger partial charge in [0.25, 0.3) is 0 Å². The molecule has 1 atom stereocenters. The molecule has 1 aromatic heterocycles. The summed E-state index contributed by atoms with van der Waals surface area (Å²) in [6, 6.07) is 20.2. The molecule has 3 aromatic rings. The molecule has 29 heavy (non-hydrogen) atoms. The number of aryl methyl sites for hydroxylation is 2. The van der Waals surface area contributed by atoms with Crippen LogP contribution in [0.1, 0.15) is 48.6 Å². The van der Waals surface area contributed by atoms with E-state index in [-0.39, 0.29) is 11.9 Å². The van der Waals surface area contributed by atoms with E-state index >= 15 is 0 Å². The van der Waals surface area contributed by atoms with Crippen molar-refractivity contribution in [1.29, 1.82) is 0 Å². The molecule has 1 amide bonds. The molecule has 150 valence electrons. The van der Waals surface area contributed by atoms with Crippen molar-refractivity contribution in [3.63, 3.8) is 0 Å². The van der Waals surface area contributed by atoms with Crippen LogP contribution >= 0.6 is 0 Å². The number of ether oxygens (including phenoxy) is 1. The average Bonchev–Trinajstić information content (AvgIpc) is 2.77. The Hall–Kier alpha value is -3.14. The van der Waals surface area contributed by atoms with Crippen molar-refractivity contribution in [2.75, 3.05) is 0 Å². The van der Waals surface area contributed by atoms with Crippen LogP contribution in [-0.2, 0) is 24.2 Å². The maximum Gasteiger partial charge on any atom is 0.220 e. The number of carbonyl (C=O) groups excluding carboxylic acids is 1. The second-order valence-electron chi connectivity index (χ2n) is 7.18. The van der Waals surface area contributed by atoms with Crippen molar-refractivity contribution in [3.05, 3.63) is 95.3 Å². The molecule has 0 saturated carbocycles. The summed E-state index contributed by atoms with van der Waals surface area (Å²) in [7, 11) is 0. The summed E-state index contributed by atoms with van der Waals surface area (Å²) in [6.45, 7) is 4.63. The topological polar surface area (TPSA) is 51.2 Å². The quantitative estimate of drug-likeness (QED) is 0.559. The van der Waals surface area contributed by atoms with Crippen LogP contribution in [0.15, 0.2) is 73.1 Å². The van der Waals surface area contributed by atoms with Gasteiger partial charge in [0.2, 0.25) is 5.91 Å². The summed E-state index contributed by atoms with van der Waals surface area (Å²) in [5, 5.41) is 3.08. The lowest BCUT2D eigenvalue weighted by atomic mass is 10.1. The minimum absolute atomic E-state index is 0.0441. The van der Waals surface area contributed by atoms with Crippen LogP contribution in [0.3, 0.4) is 0 Å². The highest BCUT2D eigenvalue weighted by Gasteiger charge is 2.10. The fourth-order valence-electron chi connectivity index (χ4n) is 3.10. The molecular weight excluding hydrogens is 360 g/mol. The molecular formula is C25H28N2O2. The smallest absolute Gasteiger partial charge is 0.220 e. The van der Waals surface area contributed by atoms with Gasteiger partial charge in [-0.15, -0.1) is 0 Å². The molecule has 0 radical (unpaired) electrons. The van der Waals surface area contributed by atoms with E-state index in [1.165, 1.54) is 11.1 Å². The molecule has 4 nitrogen and oxygen atoms in total. The second kappa shape index (κ2) is 10.4. The van der Waals surface area contributed by atoms with E-state index in [0.29, 0.717) is 13.0 Å². The van der Waals surface area contributed by atoms with Gasteiger partial charge in [-0.05, 0) is 54.7 Å². The Labute approximate surface area is 173 Å². The van der Waals surface area contributed by atoms with Crippen LogP contribution in [-0.4, -0.2) is 10.9 Å². The van der Waals surface area contributed by atoms with Crippen LogP contribution in [0.2, 0.25) is 0 Å². The number of carbonyl (C=O) groups is 1. The van der Waals surface area contributed by atoms with E-state index in [4.69, 9.17) is 4.74 Å². The SMILES string of the molecule is CCc1ccc(CCC(=O)NC(C)c2ccc(OCc3cccnc3)cc2)cc1. The molecule has 0 fully saturated rings. The minimum atomic E-state index is -0.0441. The third-order valence-electron chi connectivity index (χ3n) is 4.96. The van der Waals surface area contributed by atoms with Crippen molar-refractivity contribution in [3.8, 4) is 5.75 Å². The predicted molar refractivity (Wildman–Crippen MR) is 116 cm³/mol. The first kappa shape index (κ1) is 20.6. The monoisotopic (exact) mass is 388 g/mol. The molecule has 1 heterocycles. The molecule has 0 aliphatic rings. The maximum atomic E-state index is 12.3. The molecule has 0 saturated heterocycles. The molecule has 3 rings (SSSR count). The van der Waals surface area contributed by atoms with E-state index in [0.717, 1.165) is 29.7 Å². The molecule has 1 N–H and O–H groups in total. The highest BCUT2D eigenvalue weighted by Crippen LogP contribution is 2.19. The van der Waals surface area contributed by atoms with Crippen molar-refractivity contribution in [1.82, 2.24) is 10.3 Å². The lowest BCUT2D eigenvalue weighted by Crippen LogP contribution is -2.26. The number of nitrogens with one attached hydrogen (secondary N) is 1. The van der Waals surface area contributed by atoms with E-state index in [1.54, 1.807) is 12.4 Å². The number of aromatic nitrogens is 1. The first-order chi connectivity index (χ1) is 14.1. The summed E-state index contributed by atoms with van der Waals surface area (Å²) in [6.07, 6.45) is 5.82. The minimum Gasteiger partial charge on any atom is -0.489 e. The van der Waals surface area contributed by atoms with Gasteiger partial charge in [0.05, 0.1) is 6.04 Å². The second-order valence-corrected chi connectivity index (χ2v) is 7.18. The van der Waals surface area contributed by atoms with Gasteiger partial charge in [0.1, 0.15) is 12.4 Å². The average molecular weight is 389 g/mol. The zero-order valence-electron chi connectivity index (χ0n) is 17.1. The fourth-order valence-corrected chi connectivity index (χ4v) is 3.10. The Morgan fingerprint density at radius 3 is 2.38 bits per heavy atom. The molecule has 0 aliphatic heterocycles. The van der Waals surface area contributed by atoms with Gasteiger partial charge in [-0.3, -0.25) is 9.78 Å². The number of nitrogens with zero attached hydrogens (tertiary/aromatic N) is 1. The highest BCUT2D eigenvalue weighted by atomic mass is 16.5. The summed E-state index contributed by atoms with van der Waals surface area (Å²) < 4.78 is 5.78. The number of benzene rings is 2. The lowest BCUT2D eigenvalue weighted by molar-refractivity contribution is -0.121. The molecule has 0 bridgehead atoms. The number of hydrogen-bond acceptors (Lipinski definition) is 3. The number of hydrogen-bond donors (Lipinski definition) is 1. The fraction of sp³-hybridized carbons (Fsp3) is 0.280. The van der Waals surface area contributed by atoms with E-state index in [1.807, 2.05) is 43.3 Å². The number of rotatable bonds is 9. The lowest BCUT2D eigenvalue weighted by Gasteiger charge is -2.15. The van der Waals surface area contributed by atoms with Gasteiger partial charge in [0, 0.05) is 24.4 Å². The summed E-state index contributed by atoms with van der Waals surface area (Å²) in [5.74, 6) is 0.862. The Morgan fingerprint density at radius 2 is 1.72 bits per heavy atom. The van der Waals surface area contributed by atoms with Gasteiger partial charge in [-0.25, -0.2) is 0 Å². The van der Waals surface area contributed by atoms with E-state index in [9.17, 15) is 4.79 Å². The third-order valence-corrected chi connectivity index (χ3v) is 4.96. The summed E-state index contributed by atoms with van der Waals surface area (Å²) in [5.41, 5.74) is 4.60. The first-order valence-corrected chi connectivity index (χ1v) is 10.1. The van der Waals surface area contributed by atoms with Gasteiger partial charge in [0.15, 0.2) is 0 Å². The van der Waals surface area contributed by atoms with Crippen LogP contribution in [0.4, 0.5) is 0 Å². The zero-order valence-corrected chi connectivity index (χ0v) is 17.1. The summed E-state index contributed by atoms with van der Waals surface area (Å²) >= 11 is 0. The van der Waals surface area contributed by atoms with Crippen LogP contribution in [0.5, 0.6) is 5.75 Å². The largest absolute Gasteiger partial charge is 0.489 e. The summed E-state index contributed by atoms with van der Waals surface area (Å²) in [4.78, 5) is 16.4. The van der Waals surface area contributed by atoms with E-state index in [2.05, 4.69) is 41.5 Å². The van der Waals surface area contributed by atoms with Crippen LogP contribution in [0, 0.1) is 0 Å². The van der Waals surface area contributed by atoms with Crippen molar-refractivity contribution in [2.24, 2.45) is 0 Å². The van der Waals surface area contributed by atoms with Gasteiger partial charge in [-0.1, -0.05) is 49.4 Å². The van der Waals surface area contributed by atoms with Gasteiger partial charge < -0.3 is 10.1 Å². The van der Waals surface area contributed by atoms with Gasteiger partial charge >= 0.3 is 0 Å². The number of amides is 1. The highest BCUT2D eigenvalue weighted by molar-refractivity contribution is 5.76. The molecule has 0 spiro atoms. The zero-order chi connectivity index (χ0) is 20.5. The molecule has 4 heteroatoms. The van der Waals surface area contributed by atoms with Crippen molar-refractivity contribution < 1.29 is 9.53 Å². The molecule has 2 aromatic carbocycles. The standard InChI is InChI=1S/C25H28N2O2/c1-3-20-6-8-21(9-7-20)10-15-25(28)27-19(2)23-11-13-24(14-12-23)29-18-22-5-4-16-26-17-22/h4-9,11-14,16-17,19H,3,10,15,18H2,1-2H3,(H,27,28). The normalized spacial score (nSPS) is 11.7. The van der Waals surface area contributed by atoms with Crippen LogP contribution in [0.25, 0.3) is 0 Å². The first-order valence-electron chi connectivity index (χ1n) is 10.1. The maximum absolute atomic E-state index is 12.3. The van der Waals surface area contributed by atoms with Crippen molar-refractivity contribution >= 4 is 5.91 Å².